The average Bonchev–Trinajstić information content (AvgIpc) is 3.10. The number of piperazine rings is 1. The van der Waals surface area contributed by atoms with Gasteiger partial charge in [-0.2, -0.15) is 0 Å². The fourth-order valence-electron chi connectivity index (χ4n) is 3.99. The van der Waals surface area contributed by atoms with Crippen LogP contribution in [0.2, 0.25) is 0 Å². The highest BCUT2D eigenvalue weighted by Crippen LogP contribution is 2.42. The van der Waals surface area contributed by atoms with Gasteiger partial charge in [0.25, 0.3) is 0 Å². The molecule has 1 fully saturated rings. The van der Waals surface area contributed by atoms with Gasteiger partial charge in [-0.1, -0.05) is 18.2 Å². The maximum atomic E-state index is 14.1. The summed E-state index contributed by atoms with van der Waals surface area (Å²) < 4.78 is 25.0. The first-order chi connectivity index (χ1) is 15.4. The number of carbonyl (C=O) groups excluding carboxylic acids is 2. The van der Waals surface area contributed by atoms with Crippen LogP contribution in [0.5, 0.6) is 11.5 Å². The normalized spacial score (nSPS) is 17.4. The average molecular weight is 440 g/mol. The second-order valence-corrected chi connectivity index (χ2v) is 7.82. The molecule has 0 saturated carbocycles. The second kappa shape index (κ2) is 9.00. The Morgan fingerprint density at radius 3 is 2.66 bits per heavy atom. The lowest BCUT2D eigenvalue weighted by Gasteiger charge is -2.34. The molecule has 7 nitrogen and oxygen atoms in total. The molecular formula is C24H25FN2O5. The zero-order valence-corrected chi connectivity index (χ0v) is 18.1. The molecule has 1 saturated heterocycles. The van der Waals surface area contributed by atoms with Gasteiger partial charge >= 0.3 is 6.09 Å². The third-order valence-corrected chi connectivity index (χ3v) is 5.69. The molecule has 0 atom stereocenters. The highest BCUT2D eigenvalue weighted by molar-refractivity contribution is 6.15. The number of carbonyl (C=O) groups is 2. The number of fused-ring (bicyclic) bond motifs is 1. The summed E-state index contributed by atoms with van der Waals surface area (Å²) in [5.74, 6) is -0.426. The molecule has 2 aromatic carbocycles. The minimum atomic E-state index is -0.452. The Hall–Kier alpha value is -3.39. The maximum absolute atomic E-state index is 14.1. The third-order valence-electron chi connectivity index (χ3n) is 5.69. The number of rotatable bonds is 4. The minimum Gasteiger partial charge on any atom is -0.507 e. The molecule has 2 aliphatic rings. The van der Waals surface area contributed by atoms with Crippen molar-refractivity contribution in [1.29, 1.82) is 0 Å². The van der Waals surface area contributed by atoms with Crippen LogP contribution in [0.3, 0.4) is 0 Å². The van der Waals surface area contributed by atoms with Gasteiger partial charge < -0.3 is 19.5 Å². The molecule has 0 aliphatic carbocycles. The summed E-state index contributed by atoms with van der Waals surface area (Å²) in [6.07, 6.45) is 1.05. The molecule has 0 aromatic heterocycles. The Morgan fingerprint density at radius 1 is 1.25 bits per heavy atom. The highest BCUT2D eigenvalue weighted by Gasteiger charge is 2.34. The summed E-state index contributed by atoms with van der Waals surface area (Å²) in [5, 5.41) is 10.6. The van der Waals surface area contributed by atoms with E-state index in [1.165, 1.54) is 12.1 Å². The van der Waals surface area contributed by atoms with Gasteiger partial charge in [0.05, 0.1) is 17.7 Å². The second-order valence-electron chi connectivity index (χ2n) is 7.82. The van der Waals surface area contributed by atoms with E-state index in [2.05, 4.69) is 4.90 Å². The van der Waals surface area contributed by atoms with Crippen molar-refractivity contribution in [3.63, 3.8) is 0 Å². The van der Waals surface area contributed by atoms with Crippen molar-refractivity contribution in [1.82, 2.24) is 9.80 Å². The summed E-state index contributed by atoms with van der Waals surface area (Å²) in [5.41, 5.74) is 1.73. The first-order valence-corrected chi connectivity index (χ1v) is 10.6. The van der Waals surface area contributed by atoms with E-state index in [1.807, 2.05) is 0 Å². The van der Waals surface area contributed by atoms with E-state index in [0.717, 1.165) is 0 Å². The van der Waals surface area contributed by atoms with Gasteiger partial charge in [0, 0.05) is 38.3 Å². The number of amides is 1. The van der Waals surface area contributed by atoms with Crippen LogP contribution in [0.15, 0.2) is 36.1 Å². The van der Waals surface area contributed by atoms with Gasteiger partial charge in [-0.15, -0.1) is 0 Å². The molecule has 1 N–H and O–H groups in total. The Morgan fingerprint density at radius 2 is 1.97 bits per heavy atom. The molecule has 0 radical (unpaired) electrons. The summed E-state index contributed by atoms with van der Waals surface area (Å²) in [6, 6.07) is 7.69. The van der Waals surface area contributed by atoms with Gasteiger partial charge in [-0.25, -0.2) is 9.18 Å². The van der Waals surface area contributed by atoms with Crippen LogP contribution in [-0.4, -0.2) is 59.6 Å². The quantitative estimate of drug-likeness (QED) is 0.730. The Kier molecular flexibility index (Phi) is 6.14. The van der Waals surface area contributed by atoms with Crippen molar-refractivity contribution in [2.24, 2.45) is 0 Å². The molecule has 4 rings (SSSR count). The lowest BCUT2D eigenvalue weighted by atomic mass is 9.99. The van der Waals surface area contributed by atoms with Crippen LogP contribution in [-0.2, 0) is 11.3 Å². The number of Topliss-reactive ketones (excluding diaryl/α,β-unsaturated/α-hetero) is 1. The number of ketones is 1. The number of allylic oxidation sites excluding steroid dienone is 1. The number of hydrogen-bond acceptors (Lipinski definition) is 6. The Bertz CT molecular complexity index is 1090. The molecule has 2 aromatic rings. The van der Waals surface area contributed by atoms with Crippen molar-refractivity contribution in [2.45, 2.75) is 20.4 Å². The lowest BCUT2D eigenvalue weighted by molar-refractivity contribution is 0.0774. The molecule has 0 bridgehead atoms. The van der Waals surface area contributed by atoms with E-state index in [9.17, 15) is 19.1 Å². The molecule has 0 spiro atoms. The fraction of sp³-hybridized carbons (Fsp3) is 0.333. The minimum absolute atomic E-state index is 0.0205. The largest absolute Gasteiger partial charge is 0.507 e. The Labute approximate surface area is 185 Å². The van der Waals surface area contributed by atoms with Crippen molar-refractivity contribution >= 4 is 18.0 Å². The molecular weight excluding hydrogens is 415 g/mol. The van der Waals surface area contributed by atoms with E-state index in [4.69, 9.17) is 9.47 Å². The Balaban J connectivity index is 1.57. The van der Waals surface area contributed by atoms with E-state index in [0.29, 0.717) is 61.8 Å². The van der Waals surface area contributed by atoms with Crippen molar-refractivity contribution in [3.05, 3.63) is 64.2 Å². The molecule has 0 unspecified atom stereocenters. The number of phenolic OH excluding ortho intramolecular Hbond substituents is 1. The number of nitrogens with zero attached hydrogens (tertiary/aromatic N) is 2. The van der Waals surface area contributed by atoms with Gasteiger partial charge in [0.15, 0.2) is 5.76 Å². The van der Waals surface area contributed by atoms with Gasteiger partial charge in [0.1, 0.15) is 17.3 Å². The highest BCUT2D eigenvalue weighted by atomic mass is 19.1. The maximum Gasteiger partial charge on any atom is 0.409 e. The first kappa shape index (κ1) is 21.8. The summed E-state index contributed by atoms with van der Waals surface area (Å²) in [7, 11) is 0. The first-order valence-electron chi connectivity index (χ1n) is 10.6. The molecule has 2 aliphatic heterocycles. The molecule has 2 heterocycles. The van der Waals surface area contributed by atoms with Crippen molar-refractivity contribution < 1.29 is 28.6 Å². The van der Waals surface area contributed by atoms with Crippen LogP contribution in [0.25, 0.3) is 6.08 Å². The van der Waals surface area contributed by atoms with Crippen LogP contribution >= 0.6 is 0 Å². The SMILES string of the molecule is CCOC(=O)N1CCN(Cc2c(O)cc(C)c3c2O/C(=C/c2ccccc2F)C3=O)CC1. The number of halogens is 1. The van der Waals surface area contributed by atoms with E-state index in [-0.39, 0.29) is 28.9 Å². The monoisotopic (exact) mass is 440 g/mol. The number of ether oxygens (including phenoxy) is 2. The van der Waals surface area contributed by atoms with Crippen LogP contribution < -0.4 is 4.74 Å². The van der Waals surface area contributed by atoms with Gasteiger partial charge in [-0.05, 0) is 37.6 Å². The van der Waals surface area contributed by atoms with Crippen LogP contribution in [0, 0.1) is 12.7 Å². The topological polar surface area (TPSA) is 79.3 Å². The molecule has 8 heteroatoms. The third kappa shape index (κ3) is 4.18. The fourth-order valence-corrected chi connectivity index (χ4v) is 3.99. The molecule has 32 heavy (non-hydrogen) atoms. The number of hydrogen-bond donors (Lipinski definition) is 1. The van der Waals surface area contributed by atoms with Crippen LogP contribution in [0.4, 0.5) is 9.18 Å². The van der Waals surface area contributed by atoms with E-state index < -0.39 is 5.82 Å². The summed E-state index contributed by atoms with van der Waals surface area (Å²) in [4.78, 5) is 28.6. The van der Waals surface area contributed by atoms with Crippen molar-refractivity contribution in [3.8, 4) is 11.5 Å². The number of aromatic hydroxyl groups is 1. The smallest absolute Gasteiger partial charge is 0.409 e. The zero-order chi connectivity index (χ0) is 22.8. The number of aryl methyl sites for hydroxylation is 1. The standard InChI is InChI=1S/C24H25FN2O5/c1-3-31-24(30)27-10-8-26(9-11-27)14-17-19(28)12-15(2)21-22(29)20(32-23(17)21)13-16-6-4-5-7-18(16)25/h4-7,12-13,28H,3,8-11,14H2,1-2H3/b20-13+. The molecule has 168 valence electrons. The predicted octanol–water partition coefficient (Wildman–Crippen LogP) is 3.73. The zero-order valence-electron chi connectivity index (χ0n) is 18.1. The van der Waals surface area contributed by atoms with Gasteiger partial charge in [-0.3, -0.25) is 9.69 Å². The summed E-state index contributed by atoms with van der Waals surface area (Å²) in [6.45, 7) is 6.37. The van der Waals surface area contributed by atoms with Gasteiger partial charge in [0.2, 0.25) is 5.78 Å². The van der Waals surface area contributed by atoms with E-state index in [1.54, 1.807) is 43.0 Å². The summed E-state index contributed by atoms with van der Waals surface area (Å²) >= 11 is 0. The van der Waals surface area contributed by atoms with E-state index >= 15 is 0 Å². The number of benzene rings is 2. The van der Waals surface area contributed by atoms with Crippen molar-refractivity contribution in [2.75, 3.05) is 32.8 Å². The molecule has 1 amide bonds. The lowest BCUT2D eigenvalue weighted by Crippen LogP contribution is -2.48. The van der Waals surface area contributed by atoms with Crippen LogP contribution in [0.1, 0.15) is 34.0 Å². The predicted molar refractivity (Wildman–Crippen MR) is 116 cm³/mol. The number of phenols is 1.